The Bertz CT molecular complexity index is 126. The van der Waals surface area contributed by atoms with Crippen LogP contribution in [0.2, 0.25) is 0 Å². The Balaban J connectivity index is 2.70. The average molecular weight is 142 g/mol. The molecule has 1 N–H and O–H groups in total. The lowest BCUT2D eigenvalue weighted by molar-refractivity contribution is 0.0359. The summed E-state index contributed by atoms with van der Waals surface area (Å²) in [7, 11) is 0. The van der Waals surface area contributed by atoms with Gasteiger partial charge in [-0.2, -0.15) is 0 Å². The van der Waals surface area contributed by atoms with E-state index in [1.165, 1.54) is 12.8 Å². The van der Waals surface area contributed by atoms with Gasteiger partial charge in [-0.3, -0.25) is 0 Å². The first-order valence-corrected chi connectivity index (χ1v) is 4.08. The predicted molar refractivity (Wildman–Crippen MR) is 42.8 cm³/mol. The van der Waals surface area contributed by atoms with E-state index >= 15 is 0 Å². The molecule has 0 aromatic heterocycles. The quantitative estimate of drug-likeness (QED) is 0.595. The van der Waals surface area contributed by atoms with E-state index in [1.807, 2.05) is 6.92 Å². The average Bonchev–Trinajstić information content (AvgIpc) is 2.36. The maximum atomic E-state index is 9.48. The van der Waals surface area contributed by atoms with Gasteiger partial charge >= 0.3 is 0 Å². The van der Waals surface area contributed by atoms with Gasteiger partial charge in [0.25, 0.3) is 0 Å². The van der Waals surface area contributed by atoms with Crippen molar-refractivity contribution in [1.82, 2.24) is 0 Å². The Morgan fingerprint density at radius 2 is 1.70 bits per heavy atom. The van der Waals surface area contributed by atoms with Crippen LogP contribution in [0.25, 0.3) is 0 Å². The van der Waals surface area contributed by atoms with Crippen LogP contribution in [0.4, 0.5) is 0 Å². The van der Waals surface area contributed by atoms with Crippen LogP contribution in [0.3, 0.4) is 0 Å². The molecule has 0 saturated heterocycles. The monoisotopic (exact) mass is 142 g/mol. The first-order chi connectivity index (χ1) is 4.40. The smallest absolute Gasteiger partial charge is 0.0573 e. The van der Waals surface area contributed by atoms with Crippen molar-refractivity contribution in [2.24, 2.45) is 10.8 Å². The lowest BCUT2D eigenvalue weighted by Gasteiger charge is -2.33. The van der Waals surface area contributed by atoms with Crippen molar-refractivity contribution < 1.29 is 5.11 Å². The molecule has 1 rings (SSSR count). The van der Waals surface area contributed by atoms with Gasteiger partial charge in [0.2, 0.25) is 0 Å². The van der Waals surface area contributed by atoms with Gasteiger partial charge in [0.05, 0.1) is 6.10 Å². The topological polar surface area (TPSA) is 20.2 Å². The Labute approximate surface area is 63.4 Å². The second-order valence-electron chi connectivity index (χ2n) is 4.58. The Morgan fingerprint density at radius 3 is 1.70 bits per heavy atom. The van der Waals surface area contributed by atoms with E-state index < -0.39 is 0 Å². The van der Waals surface area contributed by atoms with Gasteiger partial charge in [0, 0.05) is 5.41 Å². The van der Waals surface area contributed by atoms with Gasteiger partial charge in [0.1, 0.15) is 0 Å². The number of rotatable bonds is 1. The second-order valence-corrected chi connectivity index (χ2v) is 4.58. The summed E-state index contributed by atoms with van der Waals surface area (Å²) >= 11 is 0. The third-order valence-corrected chi connectivity index (χ3v) is 3.08. The van der Waals surface area contributed by atoms with Crippen molar-refractivity contribution in [3.05, 3.63) is 0 Å². The fraction of sp³-hybridized carbons (Fsp3) is 1.00. The summed E-state index contributed by atoms with van der Waals surface area (Å²) in [6.45, 7) is 8.56. The van der Waals surface area contributed by atoms with Crippen LogP contribution in [0, 0.1) is 10.8 Å². The second kappa shape index (κ2) is 1.97. The molecule has 1 saturated carbocycles. The molecule has 0 spiro atoms. The molecule has 1 aliphatic rings. The molecule has 1 fully saturated rings. The third kappa shape index (κ3) is 0.968. The molecule has 1 unspecified atom stereocenters. The summed E-state index contributed by atoms with van der Waals surface area (Å²) in [5.41, 5.74) is 0.522. The Morgan fingerprint density at radius 1 is 1.30 bits per heavy atom. The van der Waals surface area contributed by atoms with E-state index in [9.17, 15) is 5.11 Å². The maximum Gasteiger partial charge on any atom is 0.0573 e. The van der Waals surface area contributed by atoms with Crippen molar-refractivity contribution in [3.8, 4) is 0 Å². The van der Waals surface area contributed by atoms with Crippen LogP contribution >= 0.6 is 0 Å². The van der Waals surface area contributed by atoms with E-state index in [-0.39, 0.29) is 16.9 Å². The standard InChI is InChI=1S/C9H18O/c1-7(10)9(5-6-9)8(2,3)4/h7,10H,5-6H2,1-4H3. The predicted octanol–water partition coefficient (Wildman–Crippen LogP) is 2.19. The zero-order valence-corrected chi connectivity index (χ0v) is 7.44. The minimum atomic E-state index is -0.132. The summed E-state index contributed by atoms with van der Waals surface area (Å²) < 4.78 is 0. The van der Waals surface area contributed by atoms with Crippen LogP contribution in [0.1, 0.15) is 40.5 Å². The highest BCUT2D eigenvalue weighted by atomic mass is 16.3. The highest BCUT2D eigenvalue weighted by Gasteiger charge is 2.54. The molecular formula is C9H18O. The van der Waals surface area contributed by atoms with Crippen LogP contribution in [-0.2, 0) is 0 Å². The molecule has 0 heterocycles. The van der Waals surface area contributed by atoms with Gasteiger partial charge in [-0.15, -0.1) is 0 Å². The van der Waals surface area contributed by atoms with E-state index in [4.69, 9.17) is 0 Å². The Hall–Kier alpha value is -0.0400. The number of hydrogen-bond donors (Lipinski definition) is 1. The van der Waals surface area contributed by atoms with Gasteiger partial charge in [-0.05, 0) is 25.2 Å². The largest absolute Gasteiger partial charge is 0.393 e. The fourth-order valence-electron chi connectivity index (χ4n) is 1.93. The van der Waals surface area contributed by atoms with Crippen LogP contribution in [-0.4, -0.2) is 11.2 Å². The summed E-state index contributed by atoms with van der Waals surface area (Å²) in [6, 6.07) is 0. The van der Waals surface area contributed by atoms with E-state index in [0.29, 0.717) is 0 Å². The fourth-order valence-corrected chi connectivity index (χ4v) is 1.93. The van der Waals surface area contributed by atoms with Crippen molar-refractivity contribution in [2.75, 3.05) is 0 Å². The zero-order valence-electron chi connectivity index (χ0n) is 7.44. The van der Waals surface area contributed by atoms with Crippen LogP contribution < -0.4 is 0 Å². The van der Waals surface area contributed by atoms with E-state index in [0.717, 1.165) is 0 Å². The van der Waals surface area contributed by atoms with Gasteiger partial charge in [-0.1, -0.05) is 20.8 Å². The van der Waals surface area contributed by atoms with Crippen molar-refractivity contribution in [2.45, 2.75) is 46.6 Å². The number of aliphatic hydroxyl groups is 1. The van der Waals surface area contributed by atoms with Crippen molar-refractivity contribution in [3.63, 3.8) is 0 Å². The number of aliphatic hydroxyl groups excluding tert-OH is 1. The molecule has 0 aromatic rings. The molecule has 1 atom stereocenters. The highest BCUT2D eigenvalue weighted by Crippen LogP contribution is 2.60. The molecule has 0 aromatic carbocycles. The molecule has 10 heavy (non-hydrogen) atoms. The maximum absolute atomic E-state index is 9.48. The Kier molecular flexibility index (Phi) is 1.59. The minimum absolute atomic E-state index is 0.132. The summed E-state index contributed by atoms with van der Waals surface area (Å²) in [5, 5.41) is 9.48. The normalized spacial score (nSPS) is 26.1. The van der Waals surface area contributed by atoms with Gasteiger partial charge in [0.15, 0.2) is 0 Å². The molecule has 0 bridgehead atoms. The third-order valence-electron chi connectivity index (χ3n) is 3.08. The first-order valence-electron chi connectivity index (χ1n) is 4.08. The van der Waals surface area contributed by atoms with Crippen molar-refractivity contribution in [1.29, 1.82) is 0 Å². The highest BCUT2D eigenvalue weighted by molar-refractivity contribution is 5.04. The zero-order chi connectivity index (χ0) is 7.99. The minimum Gasteiger partial charge on any atom is -0.393 e. The van der Waals surface area contributed by atoms with E-state index in [2.05, 4.69) is 20.8 Å². The molecule has 0 amide bonds. The lowest BCUT2D eigenvalue weighted by atomic mass is 9.74. The molecule has 0 aliphatic heterocycles. The lowest BCUT2D eigenvalue weighted by Crippen LogP contribution is -2.31. The first kappa shape index (κ1) is 8.06. The van der Waals surface area contributed by atoms with Gasteiger partial charge in [-0.25, -0.2) is 0 Å². The summed E-state index contributed by atoms with van der Waals surface area (Å²) in [4.78, 5) is 0. The molecule has 60 valence electrons. The van der Waals surface area contributed by atoms with E-state index in [1.54, 1.807) is 0 Å². The molecular weight excluding hydrogens is 124 g/mol. The molecule has 1 heteroatoms. The molecule has 1 aliphatic carbocycles. The number of hydrogen-bond acceptors (Lipinski definition) is 1. The van der Waals surface area contributed by atoms with Crippen LogP contribution in [0.5, 0.6) is 0 Å². The SMILES string of the molecule is CC(O)C1(C(C)(C)C)CC1. The summed E-state index contributed by atoms with van der Waals surface area (Å²) in [6.07, 6.45) is 2.27. The van der Waals surface area contributed by atoms with Crippen molar-refractivity contribution >= 4 is 0 Å². The van der Waals surface area contributed by atoms with Gasteiger partial charge < -0.3 is 5.11 Å². The molecule has 1 nitrogen and oxygen atoms in total. The molecule has 0 radical (unpaired) electrons. The summed E-state index contributed by atoms with van der Waals surface area (Å²) in [5.74, 6) is 0. The van der Waals surface area contributed by atoms with Crippen LogP contribution in [0.15, 0.2) is 0 Å².